The number of aryl methyl sites for hydroxylation is 4. The van der Waals surface area contributed by atoms with E-state index in [4.69, 9.17) is 0 Å². The molecule has 0 aliphatic carbocycles. The van der Waals surface area contributed by atoms with Gasteiger partial charge in [0.05, 0.1) is 9.79 Å². The molecule has 0 aliphatic rings. The maximum absolute atomic E-state index is 12.2. The minimum atomic E-state index is -3.51. The largest absolute Gasteiger partial charge is 0.280 e. The second-order valence-corrected chi connectivity index (χ2v) is 11.8. The molecule has 0 saturated heterocycles. The Labute approximate surface area is 214 Å². The van der Waals surface area contributed by atoms with Gasteiger partial charge in [-0.15, -0.1) is 0 Å². The maximum Gasteiger partial charge on any atom is 0.262 e. The summed E-state index contributed by atoms with van der Waals surface area (Å²) in [6.07, 6.45) is 0. The van der Waals surface area contributed by atoms with Crippen molar-refractivity contribution in [2.75, 3.05) is 9.44 Å². The zero-order valence-corrected chi connectivity index (χ0v) is 22.3. The number of rotatable bonds is 6. The number of hydrogen-bond acceptors (Lipinski definition) is 4. The van der Waals surface area contributed by atoms with Crippen LogP contribution in [0, 0.1) is 27.7 Å². The van der Waals surface area contributed by atoms with Gasteiger partial charge in [0.2, 0.25) is 0 Å². The first-order chi connectivity index (χ1) is 17.0. The average Bonchev–Trinajstić information content (AvgIpc) is 2.79. The van der Waals surface area contributed by atoms with Crippen molar-refractivity contribution in [2.24, 2.45) is 0 Å². The lowest BCUT2D eigenvalue weighted by Gasteiger charge is -2.10. The van der Waals surface area contributed by atoms with Gasteiger partial charge in [0.1, 0.15) is 0 Å². The molecule has 0 fully saturated rings. The van der Waals surface area contributed by atoms with Crippen LogP contribution in [0.2, 0.25) is 0 Å². The smallest absolute Gasteiger partial charge is 0.262 e. The van der Waals surface area contributed by atoms with E-state index in [-0.39, 0.29) is 0 Å². The Bertz CT molecular complexity index is 1420. The van der Waals surface area contributed by atoms with Gasteiger partial charge in [-0.05, 0) is 75.2 Å². The van der Waals surface area contributed by atoms with Gasteiger partial charge in [0, 0.05) is 11.4 Å². The maximum atomic E-state index is 12.2. The minimum Gasteiger partial charge on any atom is -0.280 e. The van der Waals surface area contributed by atoms with E-state index in [1.807, 2.05) is 38.1 Å². The van der Waals surface area contributed by atoms with E-state index in [2.05, 4.69) is 9.44 Å². The molecule has 4 aromatic carbocycles. The molecular formula is C28H30N2O4S2. The van der Waals surface area contributed by atoms with Gasteiger partial charge >= 0.3 is 0 Å². The third kappa shape index (κ3) is 7.19. The first-order valence-corrected chi connectivity index (χ1v) is 14.2. The van der Waals surface area contributed by atoms with Crippen molar-refractivity contribution in [1.29, 1.82) is 0 Å². The first-order valence-electron chi connectivity index (χ1n) is 11.3. The molecule has 4 rings (SSSR count). The molecule has 0 atom stereocenters. The van der Waals surface area contributed by atoms with Crippen molar-refractivity contribution in [3.8, 4) is 0 Å². The Morgan fingerprint density at radius 2 is 0.806 bits per heavy atom. The fraction of sp³-hybridized carbons (Fsp3) is 0.143. The SMILES string of the molecule is Cc1ccc(S(=O)(=O)Nc2ccccc2)c(C)c1.Cc1ccc(S(=O)(=O)Nc2ccccc2)c(C)c1. The number of para-hydroxylation sites is 2. The highest BCUT2D eigenvalue weighted by molar-refractivity contribution is 7.93. The highest BCUT2D eigenvalue weighted by atomic mass is 32.2. The number of hydrogen-bond donors (Lipinski definition) is 2. The molecule has 4 aromatic rings. The van der Waals surface area contributed by atoms with Crippen LogP contribution in [0.3, 0.4) is 0 Å². The summed E-state index contributed by atoms with van der Waals surface area (Å²) in [4.78, 5) is 0.633. The zero-order valence-electron chi connectivity index (χ0n) is 20.7. The number of nitrogens with one attached hydrogen (secondary N) is 2. The molecular weight excluding hydrogens is 492 g/mol. The Kier molecular flexibility index (Phi) is 8.55. The molecule has 0 saturated carbocycles. The number of benzene rings is 4. The molecule has 0 radical (unpaired) electrons. The molecule has 0 bridgehead atoms. The predicted octanol–water partition coefficient (Wildman–Crippen LogP) is 6.21. The molecule has 188 valence electrons. The quantitative estimate of drug-likeness (QED) is 0.315. The van der Waals surface area contributed by atoms with E-state index in [0.717, 1.165) is 22.3 Å². The summed E-state index contributed by atoms with van der Waals surface area (Å²) in [5.74, 6) is 0. The summed E-state index contributed by atoms with van der Waals surface area (Å²) in [5, 5.41) is 0. The van der Waals surface area contributed by atoms with E-state index in [0.29, 0.717) is 21.2 Å². The van der Waals surface area contributed by atoms with Crippen LogP contribution in [0.25, 0.3) is 0 Å². The van der Waals surface area contributed by atoms with Crippen LogP contribution in [0.5, 0.6) is 0 Å². The van der Waals surface area contributed by atoms with Gasteiger partial charge in [0.15, 0.2) is 0 Å². The Morgan fingerprint density at radius 1 is 0.472 bits per heavy atom. The molecule has 0 heterocycles. The average molecular weight is 523 g/mol. The fourth-order valence-electron chi connectivity index (χ4n) is 3.63. The topological polar surface area (TPSA) is 92.3 Å². The Balaban J connectivity index is 0.000000201. The summed E-state index contributed by atoms with van der Waals surface area (Å²) in [6.45, 7) is 7.47. The van der Waals surface area contributed by atoms with E-state index in [1.54, 1.807) is 86.6 Å². The molecule has 8 heteroatoms. The molecule has 0 amide bonds. The van der Waals surface area contributed by atoms with Gasteiger partial charge in [0.25, 0.3) is 20.0 Å². The monoisotopic (exact) mass is 522 g/mol. The Hall–Kier alpha value is -3.62. The fourth-order valence-corrected chi connectivity index (χ4v) is 6.21. The minimum absolute atomic E-state index is 0.317. The number of anilines is 2. The Morgan fingerprint density at radius 3 is 1.11 bits per heavy atom. The van der Waals surface area contributed by atoms with Crippen LogP contribution < -0.4 is 9.44 Å². The van der Waals surface area contributed by atoms with E-state index in [1.165, 1.54) is 0 Å². The second kappa shape index (κ2) is 11.4. The van der Waals surface area contributed by atoms with Crippen molar-refractivity contribution < 1.29 is 16.8 Å². The molecule has 0 unspecified atom stereocenters. The van der Waals surface area contributed by atoms with Crippen LogP contribution in [0.15, 0.2) is 107 Å². The van der Waals surface area contributed by atoms with Crippen molar-refractivity contribution in [1.82, 2.24) is 0 Å². The van der Waals surface area contributed by atoms with Crippen molar-refractivity contribution in [3.63, 3.8) is 0 Å². The molecule has 36 heavy (non-hydrogen) atoms. The van der Waals surface area contributed by atoms with Crippen molar-refractivity contribution in [3.05, 3.63) is 119 Å². The summed E-state index contributed by atoms with van der Waals surface area (Å²) in [5.41, 5.74) is 4.73. The van der Waals surface area contributed by atoms with Crippen molar-refractivity contribution in [2.45, 2.75) is 37.5 Å². The third-order valence-corrected chi connectivity index (χ3v) is 8.37. The van der Waals surface area contributed by atoms with Crippen LogP contribution in [-0.4, -0.2) is 16.8 Å². The highest BCUT2D eigenvalue weighted by Crippen LogP contribution is 2.21. The van der Waals surface area contributed by atoms with Gasteiger partial charge in [-0.2, -0.15) is 0 Å². The third-order valence-electron chi connectivity index (χ3n) is 5.29. The van der Waals surface area contributed by atoms with Crippen molar-refractivity contribution >= 4 is 31.4 Å². The zero-order chi connectivity index (χ0) is 26.3. The van der Waals surface area contributed by atoms with E-state index in [9.17, 15) is 16.8 Å². The molecule has 0 aromatic heterocycles. The highest BCUT2D eigenvalue weighted by Gasteiger charge is 2.17. The molecule has 0 spiro atoms. The van der Waals surface area contributed by atoms with E-state index >= 15 is 0 Å². The van der Waals surface area contributed by atoms with Crippen LogP contribution >= 0.6 is 0 Å². The predicted molar refractivity (Wildman–Crippen MR) is 146 cm³/mol. The molecule has 0 aliphatic heterocycles. The summed E-state index contributed by atoms with van der Waals surface area (Å²) in [6, 6.07) is 28.3. The standard InChI is InChI=1S/2C14H15NO2S/c2*1-11-8-9-14(12(2)10-11)18(16,17)15-13-6-4-3-5-7-13/h2*3-10,15H,1-2H3. The lowest BCUT2D eigenvalue weighted by Crippen LogP contribution is -2.14. The second-order valence-electron chi connectivity index (χ2n) is 8.48. The van der Waals surface area contributed by atoms with Gasteiger partial charge < -0.3 is 0 Å². The van der Waals surface area contributed by atoms with Crippen LogP contribution in [0.1, 0.15) is 22.3 Å². The molecule has 6 nitrogen and oxygen atoms in total. The summed E-state index contributed by atoms with van der Waals surface area (Å²) < 4.78 is 54.0. The normalized spacial score (nSPS) is 11.2. The molecule has 2 N–H and O–H groups in total. The van der Waals surface area contributed by atoms with E-state index < -0.39 is 20.0 Å². The first kappa shape index (κ1) is 27.0. The summed E-state index contributed by atoms with van der Waals surface area (Å²) in [7, 11) is -7.02. The van der Waals surface area contributed by atoms with Crippen LogP contribution in [0.4, 0.5) is 11.4 Å². The lowest BCUT2D eigenvalue weighted by molar-refractivity contribution is 0.599. The lowest BCUT2D eigenvalue weighted by atomic mass is 10.2. The number of sulfonamides is 2. The summed E-state index contributed by atoms with van der Waals surface area (Å²) >= 11 is 0. The van der Waals surface area contributed by atoms with Gasteiger partial charge in [-0.1, -0.05) is 71.8 Å². The van der Waals surface area contributed by atoms with Gasteiger partial charge in [-0.3, -0.25) is 9.44 Å². The van der Waals surface area contributed by atoms with Gasteiger partial charge in [-0.25, -0.2) is 16.8 Å². The van der Waals surface area contributed by atoms with Crippen LogP contribution in [-0.2, 0) is 20.0 Å².